The monoisotopic (exact) mass is 593 g/mol. The first-order valence-electron chi connectivity index (χ1n) is 14.0. The van der Waals surface area contributed by atoms with Crippen molar-refractivity contribution in [1.29, 1.82) is 5.26 Å². The zero-order valence-corrected chi connectivity index (χ0v) is 24.3. The lowest BCUT2D eigenvalue weighted by Crippen LogP contribution is -2.14. The van der Waals surface area contributed by atoms with Gasteiger partial charge in [0.05, 0.1) is 22.6 Å². The standard InChI is InChI=1S/C34H29ClFN5O2/c1-41-19-25(40-21-41)18-39-17-24-12-30(35)34(13-33(24)42-20-23-11-22(14-37)15-38-16-23)43-32-10-9-27-26(6-4-7-29(27)32)28-5-2-3-8-31(28)36/h2-8,11-13,15-16,19,21,32,39H,9-10,17-18,20H2,1H3/t32-/m0/s1. The van der Waals surface area contributed by atoms with Crippen molar-refractivity contribution in [2.24, 2.45) is 7.05 Å². The minimum absolute atomic E-state index is 0.217. The molecule has 1 atom stereocenters. The molecule has 1 N–H and O–H groups in total. The molecule has 216 valence electrons. The molecule has 0 spiro atoms. The lowest BCUT2D eigenvalue weighted by molar-refractivity contribution is 0.206. The smallest absolute Gasteiger partial charge is 0.142 e. The minimum atomic E-state index is -0.243. The summed E-state index contributed by atoms with van der Waals surface area (Å²) in [7, 11) is 1.93. The number of hydrogen-bond acceptors (Lipinski definition) is 6. The van der Waals surface area contributed by atoms with Crippen LogP contribution in [0.25, 0.3) is 11.1 Å². The molecule has 6 rings (SSSR count). The van der Waals surface area contributed by atoms with E-state index in [1.54, 1.807) is 24.7 Å². The Morgan fingerprint density at radius 3 is 2.74 bits per heavy atom. The summed E-state index contributed by atoms with van der Waals surface area (Å²) in [4.78, 5) is 8.51. The van der Waals surface area contributed by atoms with Crippen LogP contribution in [0.5, 0.6) is 11.5 Å². The highest BCUT2D eigenvalue weighted by Gasteiger charge is 2.28. The molecule has 2 aromatic heterocycles. The van der Waals surface area contributed by atoms with Crippen LogP contribution in [0.1, 0.15) is 46.0 Å². The summed E-state index contributed by atoms with van der Waals surface area (Å²) >= 11 is 6.79. The van der Waals surface area contributed by atoms with Crippen molar-refractivity contribution in [2.45, 2.75) is 38.6 Å². The number of imidazole rings is 1. The Kier molecular flexibility index (Phi) is 8.36. The number of benzene rings is 3. The summed E-state index contributed by atoms with van der Waals surface area (Å²) in [6, 6.07) is 20.3. The Balaban J connectivity index is 1.26. The third-order valence-corrected chi connectivity index (χ3v) is 7.76. The summed E-state index contributed by atoms with van der Waals surface area (Å²) in [6.45, 7) is 1.28. The second kappa shape index (κ2) is 12.7. The van der Waals surface area contributed by atoms with Gasteiger partial charge in [-0.3, -0.25) is 4.98 Å². The quantitative estimate of drug-likeness (QED) is 0.186. The van der Waals surface area contributed by atoms with Crippen LogP contribution in [0.2, 0.25) is 5.02 Å². The van der Waals surface area contributed by atoms with Crippen LogP contribution in [0.15, 0.2) is 85.6 Å². The first-order chi connectivity index (χ1) is 21.0. The van der Waals surface area contributed by atoms with E-state index >= 15 is 0 Å². The van der Waals surface area contributed by atoms with E-state index in [1.807, 2.05) is 60.3 Å². The Morgan fingerprint density at radius 1 is 1.07 bits per heavy atom. The van der Waals surface area contributed by atoms with Gasteiger partial charge < -0.3 is 19.4 Å². The molecule has 5 aromatic rings. The normalized spacial score (nSPS) is 13.9. The Labute approximate surface area is 254 Å². The van der Waals surface area contributed by atoms with Crippen molar-refractivity contribution in [1.82, 2.24) is 19.9 Å². The fourth-order valence-corrected chi connectivity index (χ4v) is 5.67. The second-order valence-electron chi connectivity index (χ2n) is 10.5. The molecule has 0 amide bonds. The fraction of sp³-hybridized carbons (Fsp3) is 0.206. The number of ether oxygens (including phenoxy) is 2. The van der Waals surface area contributed by atoms with E-state index in [-0.39, 0.29) is 18.5 Å². The molecule has 0 fully saturated rings. The van der Waals surface area contributed by atoms with Gasteiger partial charge >= 0.3 is 0 Å². The van der Waals surface area contributed by atoms with E-state index in [1.165, 1.54) is 12.3 Å². The lowest BCUT2D eigenvalue weighted by atomic mass is 9.96. The topological polar surface area (TPSA) is 85.0 Å². The molecular weight excluding hydrogens is 565 g/mol. The van der Waals surface area contributed by atoms with Gasteiger partial charge in [0.25, 0.3) is 0 Å². The number of rotatable bonds is 10. The van der Waals surface area contributed by atoms with Gasteiger partial charge in [0.15, 0.2) is 0 Å². The van der Waals surface area contributed by atoms with Crippen molar-refractivity contribution in [3.05, 3.63) is 130 Å². The van der Waals surface area contributed by atoms with Crippen LogP contribution < -0.4 is 14.8 Å². The number of pyridine rings is 1. The van der Waals surface area contributed by atoms with Gasteiger partial charge in [0.2, 0.25) is 0 Å². The zero-order chi connectivity index (χ0) is 29.8. The molecule has 0 saturated heterocycles. The van der Waals surface area contributed by atoms with Crippen molar-refractivity contribution in [3.8, 4) is 28.7 Å². The highest BCUT2D eigenvalue weighted by Crippen LogP contribution is 2.43. The average molecular weight is 594 g/mol. The molecule has 9 heteroatoms. The van der Waals surface area contributed by atoms with E-state index in [2.05, 4.69) is 21.4 Å². The number of aryl methyl sites for hydroxylation is 1. The Bertz CT molecular complexity index is 1820. The maximum Gasteiger partial charge on any atom is 0.142 e. The second-order valence-corrected chi connectivity index (χ2v) is 10.9. The number of hydrogen-bond donors (Lipinski definition) is 1. The molecule has 2 heterocycles. The molecule has 0 saturated carbocycles. The molecule has 43 heavy (non-hydrogen) atoms. The van der Waals surface area contributed by atoms with Crippen LogP contribution in [0.4, 0.5) is 4.39 Å². The summed E-state index contributed by atoms with van der Waals surface area (Å²) in [5.41, 5.74) is 6.61. The number of nitrogens with one attached hydrogen (secondary N) is 1. The summed E-state index contributed by atoms with van der Waals surface area (Å²) in [6.07, 6.45) is 8.18. The van der Waals surface area contributed by atoms with Crippen molar-refractivity contribution < 1.29 is 13.9 Å². The Hall–Kier alpha value is -4.71. The number of nitrogens with zero attached hydrogens (tertiary/aromatic N) is 4. The number of halogens is 2. The largest absolute Gasteiger partial charge is 0.488 e. The third-order valence-electron chi connectivity index (χ3n) is 7.46. The minimum Gasteiger partial charge on any atom is -0.488 e. The van der Waals surface area contributed by atoms with Gasteiger partial charge in [0.1, 0.15) is 36.1 Å². The summed E-state index contributed by atoms with van der Waals surface area (Å²) in [5.74, 6) is 0.865. The molecule has 0 unspecified atom stereocenters. The van der Waals surface area contributed by atoms with Crippen molar-refractivity contribution in [2.75, 3.05) is 0 Å². The van der Waals surface area contributed by atoms with Crippen LogP contribution in [0, 0.1) is 17.1 Å². The molecule has 0 radical (unpaired) electrons. The fourth-order valence-electron chi connectivity index (χ4n) is 5.43. The maximum absolute atomic E-state index is 14.7. The van der Waals surface area contributed by atoms with Gasteiger partial charge in [-0.15, -0.1) is 0 Å². The van der Waals surface area contributed by atoms with E-state index in [4.69, 9.17) is 21.1 Å². The molecule has 0 bridgehead atoms. The predicted octanol–water partition coefficient (Wildman–Crippen LogP) is 7.08. The van der Waals surface area contributed by atoms with Crippen LogP contribution in [-0.2, 0) is 33.2 Å². The van der Waals surface area contributed by atoms with Gasteiger partial charge in [-0.25, -0.2) is 9.37 Å². The van der Waals surface area contributed by atoms with Gasteiger partial charge in [-0.2, -0.15) is 5.26 Å². The first kappa shape index (κ1) is 28.4. The van der Waals surface area contributed by atoms with Crippen LogP contribution in [0.3, 0.4) is 0 Å². The van der Waals surface area contributed by atoms with Crippen molar-refractivity contribution in [3.63, 3.8) is 0 Å². The third kappa shape index (κ3) is 6.38. The molecule has 1 aliphatic carbocycles. The molecule has 3 aromatic carbocycles. The van der Waals surface area contributed by atoms with Gasteiger partial charge in [0, 0.05) is 61.5 Å². The van der Waals surface area contributed by atoms with Crippen LogP contribution in [-0.4, -0.2) is 14.5 Å². The number of fused-ring (bicyclic) bond motifs is 1. The summed E-state index contributed by atoms with van der Waals surface area (Å²) in [5, 5.41) is 13.1. The number of nitriles is 1. The van der Waals surface area contributed by atoms with E-state index in [0.29, 0.717) is 40.7 Å². The van der Waals surface area contributed by atoms with Gasteiger partial charge in [-0.1, -0.05) is 48.0 Å². The maximum atomic E-state index is 14.7. The zero-order valence-electron chi connectivity index (χ0n) is 23.6. The molecule has 7 nitrogen and oxygen atoms in total. The van der Waals surface area contributed by atoms with Crippen LogP contribution >= 0.6 is 11.6 Å². The highest BCUT2D eigenvalue weighted by atomic mass is 35.5. The first-order valence-corrected chi connectivity index (χ1v) is 14.4. The predicted molar refractivity (Wildman–Crippen MR) is 162 cm³/mol. The molecule has 1 aliphatic rings. The summed E-state index contributed by atoms with van der Waals surface area (Å²) < 4.78 is 29.3. The van der Waals surface area contributed by atoms with E-state index in [0.717, 1.165) is 46.4 Å². The Morgan fingerprint density at radius 2 is 1.93 bits per heavy atom. The SMILES string of the molecule is Cn1cnc(CNCc2cc(Cl)c(O[C@H]3CCc4c(-c5ccccc5F)cccc43)cc2OCc2cncc(C#N)c2)c1. The highest BCUT2D eigenvalue weighted by molar-refractivity contribution is 6.32. The number of aromatic nitrogens is 3. The molecular formula is C34H29ClFN5O2. The van der Waals surface area contributed by atoms with Crippen molar-refractivity contribution >= 4 is 11.6 Å². The van der Waals surface area contributed by atoms with Gasteiger partial charge in [-0.05, 0) is 47.7 Å². The molecule has 0 aliphatic heterocycles. The average Bonchev–Trinajstić information content (AvgIpc) is 3.63. The van der Waals surface area contributed by atoms with E-state index in [9.17, 15) is 9.65 Å². The van der Waals surface area contributed by atoms with E-state index < -0.39 is 0 Å². The lowest BCUT2D eigenvalue weighted by Gasteiger charge is -2.20.